The summed E-state index contributed by atoms with van der Waals surface area (Å²) in [5, 5.41) is 3.76. The minimum absolute atomic E-state index is 0.326. The van der Waals surface area contributed by atoms with Crippen LogP contribution >= 0.6 is 22.6 Å². The lowest BCUT2D eigenvalue weighted by Gasteiger charge is -2.27. The first kappa shape index (κ1) is 16.5. The molecule has 2 atom stereocenters. The molecule has 112 valence electrons. The third kappa shape index (κ3) is 5.09. The van der Waals surface area contributed by atoms with Crippen LogP contribution in [-0.2, 0) is 0 Å². The molecular formula is C18H23IN2. The third-order valence-corrected chi connectivity index (χ3v) is 4.29. The summed E-state index contributed by atoms with van der Waals surface area (Å²) in [5.41, 5.74) is 2.67. The van der Waals surface area contributed by atoms with Gasteiger partial charge in [0.15, 0.2) is 0 Å². The number of nitrogens with one attached hydrogen (secondary N) is 1. The molecule has 2 aromatic rings. The van der Waals surface area contributed by atoms with E-state index in [9.17, 15) is 0 Å². The van der Waals surface area contributed by atoms with Gasteiger partial charge in [0.25, 0.3) is 0 Å². The van der Waals surface area contributed by atoms with Crippen molar-refractivity contribution in [1.29, 1.82) is 0 Å². The Morgan fingerprint density at radius 2 is 1.57 bits per heavy atom. The molecule has 0 aliphatic carbocycles. The highest BCUT2D eigenvalue weighted by Gasteiger charge is 2.16. The normalized spacial score (nSPS) is 14.1. The average molecular weight is 394 g/mol. The lowest BCUT2D eigenvalue weighted by atomic mass is 10.0. The predicted octanol–water partition coefficient (Wildman–Crippen LogP) is 4.24. The standard InChI is InChI=1S/C18H23IN2/c1-14(15-9-11-17(19)12-10-15)20-18(13-21(2)3)16-7-5-4-6-8-16/h4-12,14,18,20H,13H2,1-3H3. The highest BCUT2D eigenvalue weighted by Crippen LogP contribution is 2.21. The van der Waals surface area contributed by atoms with Crippen molar-refractivity contribution in [2.24, 2.45) is 0 Å². The fourth-order valence-corrected chi connectivity index (χ4v) is 2.81. The van der Waals surface area contributed by atoms with Crippen LogP contribution in [0.1, 0.15) is 30.1 Å². The van der Waals surface area contributed by atoms with E-state index in [1.54, 1.807) is 0 Å². The highest BCUT2D eigenvalue weighted by molar-refractivity contribution is 14.1. The van der Waals surface area contributed by atoms with Gasteiger partial charge in [-0.3, -0.25) is 0 Å². The van der Waals surface area contributed by atoms with E-state index in [1.165, 1.54) is 14.7 Å². The number of benzene rings is 2. The fraction of sp³-hybridized carbons (Fsp3) is 0.333. The second-order valence-electron chi connectivity index (χ2n) is 5.67. The number of rotatable bonds is 6. The number of hydrogen-bond acceptors (Lipinski definition) is 2. The molecule has 0 aliphatic rings. The van der Waals surface area contributed by atoms with Gasteiger partial charge in [-0.15, -0.1) is 0 Å². The van der Waals surface area contributed by atoms with Crippen LogP contribution in [0, 0.1) is 3.57 Å². The van der Waals surface area contributed by atoms with Gasteiger partial charge in [0.05, 0.1) is 0 Å². The van der Waals surface area contributed by atoms with Gasteiger partial charge >= 0.3 is 0 Å². The van der Waals surface area contributed by atoms with Crippen LogP contribution < -0.4 is 5.32 Å². The molecule has 0 radical (unpaired) electrons. The Bertz CT molecular complexity index is 537. The van der Waals surface area contributed by atoms with Crippen molar-refractivity contribution >= 4 is 22.6 Å². The van der Waals surface area contributed by atoms with E-state index in [4.69, 9.17) is 0 Å². The lowest BCUT2D eigenvalue weighted by Crippen LogP contribution is -2.32. The van der Waals surface area contributed by atoms with Gasteiger partial charge in [0, 0.05) is 22.2 Å². The second kappa shape index (κ2) is 7.92. The maximum atomic E-state index is 3.76. The van der Waals surface area contributed by atoms with Crippen molar-refractivity contribution in [1.82, 2.24) is 10.2 Å². The van der Waals surface area contributed by atoms with E-state index in [1.807, 2.05) is 0 Å². The number of nitrogens with zero attached hydrogens (tertiary/aromatic N) is 1. The van der Waals surface area contributed by atoms with E-state index in [2.05, 4.69) is 108 Å². The maximum Gasteiger partial charge on any atom is 0.0453 e. The van der Waals surface area contributed by atoms with E-state index >= 15 is 0 Å². The number of halogens is 1. The van der Waals surface area contributed by atoms with Gasteiger partial charge in [-0.1, -0.05) is 42.5 Å². The number of likely N-dealkylation sites (N-methyl/N-ethyl adjacent to an activating group) is 1. The Labute approximate surface area is 141 Å². The monoisotopic (exact) mass is 394 g/mol. The topological polar surface area (TPSA) is 15.3 Å². The van der Waals surface area contributed by atoms with Crippen molar-refractivity contribution in [3.05, 3.63) is 69.3 Å². The summed E-state index contributed by atoms with van der Waals surface area (Å²) in [6, 6.07) is 20.1. The molecule has 1 N–H and O–H groups in total. The van der Waals surface area contributed by atoms with Crippen LogP contribution in [0.4, 0.5) is 0 Å². The zero-order valence-corrected chi connectivity index (χ0v) is 15.0. The molecule has 3 heteroatoms. The first-order valence-corrected chi connectivity index (χ1v) is 8.35. The molecule has 0 aliphatic heterocycles. The van der Waals surface area contributed by atoms with Gasteiger partial charge in [-0.05, 0) is 66.9 Å². The quantitative estimate of drug-likeness (QED) is 0.738. The molecule has 2 nitrogen and oxygen atoms in total. The molecular weight excluding hydrogens is 371 g/mol. The van der Waals surface area contributed by atoms with Crippen molar-refractivity contribution in [2.45, 2.75) is 19.0 Å². The average Bonchev–Trinajstić information content (AvgIpc) is 2.47. The molecule has 0 spiro atoms. The van der Waals surface area contributed by atoms with Gasteiger partial charge in [-0.2, -0.15) is 0 Å². The molecule has 0 saturated carbocycles. The largest absolute Gasteiger partial charge is 0.308 e. The molecule has 0 bridgehead atoms. The molecule has 2 rings (SSSR count). The predicted molar refractivity (Wildman–Crippen MR) is 98.4 cm³/mol. The third-order valence-electron chi connectivity index (χ3n) is 3.57. The molecule has 2 unspecified atom stereocenters. The zero-order chi connectivity index (χ0) is 15.2. The molecule has 0 amide bonds. The maximum absolute atomic E-state index is 3.76. The summed E-state index contributed by atoms with van der Waals surface area (Å²) in [6.45, 7) is 3.21. The molecule has 0 heterocycles. The van der Waals surface area contributed by atoms with Crippen molar-refractivity contribution in [3.8, 4) is 0 Å². The summed E-state index contributed by atoms with van der Waals surface area (Å²) in [4.78, 5) is 2.23. The Balaban J connectivity index is 2.13. The summed E-state index contributed by atoms with van der Waals surface area (Å²) >= 11 is 2.34. The van der Waals surface area contributed by atoms with Gasteiger partial charge in [-0.25, -0.2) is 0 Å². The van der Waals surface area contributed by atoms with Crippen LogP contribution in [0.2, 0.25) is 0 Å². The summed E-state index contributed by atoms with van der Waals surface area (Å²) in [5.74, 6) is 0. The first-order valence-electron chi connectivity index (χ1n) is 7.27. The van der Waals surface area contributed by atoms with Gasteiger partial charge < -0.3 is 10.2 Å². The Morgan fingerprint density at radius 3 is 2.14 bits per heavy atom. The molecule has 0 saturated heterocycles. The van der Waals surface area contributed by atoms with Crippen molar-refractivity contribution in [3.63, 3.8) is 0 Å². The summed E-state index contributed by atoms with van der Waals surface area (Å²) in [7, 11) is 4.24. The van der Waals surface area contributed by atoms with Crippen LogP contribution in [0.15, 0.2) is 54.6 Å². The highest BCUT2D eigenvalue weighted by atomic mass is 127. The van der Waals surface area contributed by atoms with Crippen LogP contribution in [0.3, 0.4) is 0 Å². The lowest BCUT2D eigenvalue weighted by molar-refractivity contribution is 0.325. The summed E-state index contributed by atoms with van der Waals surface area (Å²) < 4.78 is 1.27. The van der Waals surface area contributed by atoms with Crippen molar-refractivity contribution in [2.75, 3.05) is 20.6 Å². The zero-order valence-electron chi connectivity index (χ0n) is 12.9. The second-order valence-corrected chi connectivity index (χ2v) is 6.91. The van der Waals surface area contributed by atoms with Gasteiger partial charge in [0.2, 0.25) is 0 Å². The molecule has 0 aromatic heterocycles. The van der Waals surface area contributed by atoms with Gasteiger partial charge in [0.1, 0.15) is 0 Å². The fourth-order valence-electron chi connectivity index (χ4n) is 2.45. The Hall–Kier alpha value is -0.910. The molecule has 2 aromatic carbocycles. The van der Waals surface area contributed by atoms with E-state index < -0.39 is 0 Å². The van der Waals surface area contributed by atoms with Crippen molar-refractivity contribution < 1.29 is 0 Å². The smallest absolute Gasteiger partial charge is 0.0453 e. The molecule has 0 fully saturated rings. The minimum Gasteiger partial charge on any atom is -0.308 e. The Kier molecular flexibility index (Phi) is 6.21. The minimum atomic E-state index is 0.326. The SMILES string of the molecule is CC(NC(CN(C)C)c1ccccc1)c1ccc(I)cc1. The van der Waals surface area contributed by atoms with E-state index in [0.717, 1.165) is 6.54 Å². The molecule has 21 heavy (non-hydrogen) atoms. The van der Waals surface area contributed by atoms with Crippen LogP contribution in [0.25, 0.3) is 0 Å². The first-order chi connectivity index (χ1) is 10.1. The number of hydrogen-bond donors (Lipinski definition) is 1. The van der Waals surface area contributed by atoms with Crippen LogP contribution in [0.5, 0.6) is 0 Å². The summed E-state index contributed by atoms with van der Waals surface area (Å²) in [6.07, 6.45) is 0. The van der Waals surface area contributed by atoms with E-state index in [-0.39, 0.29) is 0 Å². The van der Waals surface area contributed by atoms with E-state index in [0.29, 0.717) is 12.1 Å². The Morgan fingerprint density at radius 1 is 0.952 bits per heavy atom. The van der Waals surface area contributed by atoms with Crippen LogP contribution in [-0.4, -0.2) is 25.5 Å².